The van der Waals surface area contributed by atoms with Crippen LogP contribution in [-0.4, -0.2) is 13.6 Å². The minimum atomic E-state index is 0.662. The fraction of sp³-hybridized carbons (Fsp3) is 0.294. The summed E-state index contributed by atoms with van der Waals surface area (Å²) in [5.74, 6) is 0. The lowest BCUT2D eigenvalue weighted by atomic mass is 10.1. The highest BCUT2D eigenvalue weighted by molar-refractivity contribution is 9.10. The van der Waals surface area contributed by atoms with Gasteiger partial charge in [-0.15, -0.1) is 0 Å². The number of halogens is 1. The lowest BCUT2D eigenvalue weighted by Crippen LogP contribution is -2.15. The Morgan fingerprint density at radius 2 is 1.80 bits per heavy atom. The molecule has 0 aliphatic heterocycles. The molecule has 0 saturated carbocycles. The minimum Gasteiger partial charge on any atom is -0.344 e. The number of nitrogens with two attached hydrogens (primary N) is 1. The van der Waals surface area contributed by atoms with E-state index in [-0.39, 0.29) is 0 Å². The van der Waals surface area contributed by atoms with Crippen molar-refractivity contribution in [1.82, 2.24) is 0 Å². The Morgan fingerprint density at radius 1 is 1.05 bits per heavy atom. The molecule has 0 saturated heterocycles. The maximum Gasteiger partial charge on any atom is 0.0452 e. The van der Waals surface area contributed by atoms with Gasteiger partial charge in [0.25, 0.3) is 0 Å². The summed E-state index contributed by atoms with van der Waals surface area (Å²) < 4.78 is 1.09. The molecule has 0 aliphatic carbocycles. The number of aryl methyl sites for hydroxylation is 2. The molecule has 0 heterocycles. The van der Waals surface area contributed by atoms with Crippen LogP contribution >= 0.6 is 15.9 Å². The minimum absolute atomic E-state index is 0.662. The van der Waals surface area contributed by atoms with Crippen molar-refractivity contribution in [3.8, 4) is 0 Å². The summed E-state index contributed by atoms with van der Waals surface area (Å²) in [5.41, 5.74) is 12.0. The molecule has 0 aliphatic rings. The third kappa shape index (κ3) is 3.22. The van der Waals surface area contributed by atoms with E-state index in [0.717, 1.165) is 10.9 Å². The zero-order valence-electron chi connectivity index (χ0n) is 12.3. The van der Waals surface area contributed by atoms with Crippen molar-refractivity contribution in [3.63, 3.8) is 0 Å². The second-order valence-electron chi connectivity index (χ2n) is 5.16. The molecule has 2 aromatic rings. The highest BCUT2D eigenvalue weighted by Crippen LogP contribution is 2.32. The molecular weight excluding hydrogens is 312 g/mol. The number of hydrogen-bond donors (Lipinski definition) is 1. The molecule has 0 atom stereocenters. The quantitative estimate of drug-likeness (QED) is 0.902. The molecule has 20 heavy (non-hydrogen) atoms. The maximum atomic E-state index is 5.73. The van der Waals surface area contributed by atoms with Gasteiger partial charge >= 0.3 is 0 Å². The largest absolute Gasteiger partial charge is 0.344 e. The molecule has 0 bridgehead atoms. The summed E-state index contributed by atoms with van der Waals surface area (Å²) >= 11 is 3.56. The Hall–Kier alpha value is -1.32. The first-order chi connectivity index (χ1) is 9.52. The first-order valence-corrected chi connectivity index (χ1v) is 7.61. The lowest BCUT2D eigenvalue weighted by molar-refractivity contribution is 0.959. The molecule has 106 valence electrons. The van der Waals surface area contributed by atoms with E-state index in [0.29, 0.717) is 6.54 Å². The van der Waals surface area contributed by atoms with Crippen LogP contribution in [-0.2, 0) is 6.42 Å². The molecule has 3 heteroatoms. The standard InChI is InChI=1S/C17H21BrN2/c1-12-4-7-16(13(2)10-12)20(3)17-11-15(18)6-5-14(17)8-9-19/h4-7,10-11H,8-9,19H2,1-3H3. The predicted octanol–water partition coefficient (Wildman–Crippen LogP) is 4.34. The van der Waals surface area contributed by atoms with E-state index >= 15 is 0 Å². The molecular formula is C17H21BrN2. The third-order valence-electron chi connectivity index (χ3n) is 3.54. The molecule has 0 spiro atoms. The van der Waals surface area contributed by atoms with Gasteiger partial charge in [0.05, 0.1) is 0 Å². The summed E-state index contributed by atoms with van der Waals surface area (Å²) in [6.07, 6.45) is 0.887. The van der Waals surface area contributed by atoms with Crippen LogP contribution < -0.4 is 10.6 Å². The van der Waals surface area contributed by atoms with E-state index < -0.39 is 0 Å². The Labute approximate surface area is 129 Å². The van der Waals surface area contributed by atoms with E-state index in [1.165, 1.54) is 28.1 Å². The Balaban J connectivity index is 2.46. The number of nitrogens with zero attached hydrogens (tertiary/aromatic N) is 1. The summed E-state index contributed by atoms with van der Waals surface area (Å²) in [6, 6.07) is 12.9. The summed E-state index contributed by atoms with van der Waals surface area (Å²) in [5, 5.41) is 0. The smallest absolute Gasteiger partial charge is 0.0452 e. The third-order valence-corrected chi connectivity index (χ3v) is 4.03. The van der Waals surface area contributed by atoms with Crippen molar-refractivity contribution >= 4 is 27.3 Å². The van der Waals surface area contributed by atoms with Crippen LogP contribution in [0, 0.1) is 13.8 Å². The van der Waals surface area contributed by atoms with Gasteiger partial charge < -0.3 is 10.6 Å². The highest BCUT2D eigenvalue weighted by atomic mass is 79.9. The van der Waals surface area contributed by atoms with E-state index in [2.05, 4.69) is 78.1 Å². The monoisotopic (exact) mass is 332 g/mol. The van der Waals surface area contributed by atoms with Crippen molar-refractivity contribution in [3.05, 3.63) is 57.6 Å². The fourth-order valence-electron chi connectivity index (χ4n) is 2.53. The Morgan fingerprint density at radius 3 is 2.45 bits per heavy atom. The van der Waals surface area contributed by atoms with Gasteiger partial charge in [-0.1, -0.05) is 39.7 Å². The summed E-state index contributed by atoms with van der Waals surface area (Å²) in [7, 11) is 2.11. The van der Waals surface area contributed by atoms with Crippen LogP contribution in [0.2, 0.25) is 0 Å². The van der Waals surface area contributed by atoms with Crippen molar-refractivity contribution in [2.45, 2.75) is 20.3 Å². The molecule has 0 fully saturated rings. The molecule has 2 N–H and O–H groups in total. The van der Waals surface area contributed by atoms with Gasteiger partial charge in [-0.25, -0.2) is 0 Å². The molecule has 2 aromatic carbocycles. The Bertz CT molecular complexity index is 608. The van der Waals surface area contributed by atoms with Crippen molar-refractivity contribution < 1.29 is 0 Å². The van der Waals surface area contributed by atoms with E-state index in [9.17, 15) is 0 Å². The molecule has 0 amide bonds. The van der Waals surface area contributed by atoms with Crippen LogP contribution in [0.15, 0.2) is 40.9 Å². The number of rotatable bonds is 4. The SMILES string of the molecule is Cc1ccc(N(C)c2cc(Br)ccc2CCN)c(C)c1. The average molecular weight is 333 g/mol. The second kappa shape index (κ2) is 6.42. The molecule has 2 rings (SSSR count). The molecule has 0 radical (unpaired) electrons. The van der Waals surface area contributed by atoms with E-state index in [4.69, 9.17) is 5.73 Å². The van der Waals surface area contributed by atoms with Crippen LogP contribution in [0.1, 0.15) is 16.7 Å². The van der Waals surface area contributed by atoms with Gasteiger partial charge in [0.15, 0.2) is 0 Å². The summed E-state index contributed by atoms with van der Waals surface area (Å²) in [6.45, 7) is 4.94. The van der Waals surface area contributed by atoms with Crippen molar-refractivity contribution in [2.24, 2.45) is 5.73 Å². The van der Waals surface area contributed by atoms with Gasteiger partial charge in [0.2, 0.25) is 0 Å². The van der Waals surface area contributed by atoms with Crippen LogP contribution in [0.25, 0.3) is 0 Å². The second-order valence-corrected chi connectivity index (χ2v) is 6.08. The van der Waals surface area contributed by atoms with Gasteiger partial charge in [-0.05, 0) is 56.1 Å². The topological polar surface area (TPSA) is 29.3 Å². The molecule has 0 unspecified atom stereocenters. The maximum absolute atomic E-state index is 5.73. The number of hydrogen-bond acceptors (Lipinski definition) is 2. The van der Waals surface area contributed by atoms with E-state index in [1.54, 1.807) is 0 Å². The molecule has 0 aromatic heterocycles. The van der Waals surface area contributed by atoms with Gasteiger partial charge in [-0.2, -0.15) is 0 Å². The van der Waals surface area contributed by atoms with Crippen LogP contribution in [0.3, 0.4) is 0 Å². The predicted molar refractivity (Wildman–Crippen MR) is 90.9 cm³/mol. The fourth-order valence-corrected chi connectivity index (χ4v) is 2.88. The first-order valence-electron chi connectivity index (χ1n) is 6.82. The normalized spacial score (nSPS) is 10.7. The van der Waals surface area contributed by atoms with Crippen LogP contribution in [0.5, 0.6) is 0 Å². The highest BCUT2D eigenvalue weighted by Gasteiger charge is 2.11. The number of anilines is 2. The van der Waals surface area contributed by atoms with Crippen molar-refractivity contribution in [2.75, 3.05) is 18.5 Å². The average Bonchev–Trinajstić information content (AvgIpc) is 2.40. The van der Waals surface area contributed by atoms with Gasteiger partial charge in [-0.3, -0.25) is 0 Å². The van der Waals surface area contributed by atoms with E-state index in [1.807, 2.05) is 0 Å². The number of benzene rings is 2. The summed E-state index contributed by atoms with van der Waals surface area (Å²) in [4.78, 5) is 2.24. The van der Waals surface area contributed by atoms with Crippen molar-refractivity contribution in [1.29, 1.82) is 0 Å². The first kappa shape index (κ1) is 15.1. The Kier molecular flexibility index (Phi) is 4.84. The molecule has 2 nitrogen and oxygen atoms in total. The van der Waals surface area contributed by atoms with Gasteiger partial charge in [0, 0.05) is 22.9 Å². The zero-order valence-corrected chi connectivity index (χ0v) is 13.9. The lowest BCUT2D eigenvalue weighted by Gasteiger charge is -2.25. The van der Waals surface area contributed by atoms with Crippen LogP contribution in [0.4, 0.5) is 11.4 Å². The van der Waals surface area contributed by atoms with Gasteiger partial charge in [0.1, 0.15) is 0 Å². The zero-order chi connectivity index (χ0) is 14.7.